The second-order valence-corrected chi connectivity index (χ2v) is 6.86. The summed E-state index contributed by atoms with van der Waals surface area (Å²) in [4.78, 5) is 26.0. The molecule has 0 saturated carbocycles. The molecule has 0 unspecified atom stereocenters. The molecule has 0 radical (unpaired) electrons. The molecule has 3 rings (SSSR count). The van der Waals surface area contributed by atoms with E-state index in [0.29, 0.717) is 22.9 Å². The van der Waals surface area contributed by atoms with Gasteiger partial charge in [0, 0.05) is 31.2 Å². The Morgan fingerprint density at radius 1 is 1.33 bits per heavy atom. The Balaban J connectivity index is 2.18. The number of carboxylic acids is 1. The van der Waals surface area contributed by atoms with Crippen molar-refractivity contribution in [3.8, 4) is 0 Å². The van der Waals surface area contributed by atoms with Gasteiger partial charge in [0.15, 0.2) is 0 Å². The maximum absolute atomic E-state index is 12.5. The average molecular weight is 349 g/mol. The van der Waals surface area contributed by atoms with E-state index in [9.17, 15) is 14.7 Å². The lowest BCUT2D eigenvalue weighted by Gasteiger charge is -2.33. The van der Waals surface area contributed by atoms with Crippen molar-refractivity contribution >= 4 is 34.2 Å². The third kappa shape index (κ3) is 2.88. The van der Waals surface area contributed by atoms with Gasteiger partial charge in [-0.05, 0) is 37.8 Å². The topological polar surface area (TPSA) is 62.5 Å². The molecule has 0 aliphatic carbocycles. The fourth-order valence-electron chi connectivity index (χ4n) is 3.31. The van der Waals surface area contributed by atoms with Crippen molar-refractivity contribution in [2.45, 2.75) is 33.2 Å². The van der Waals surface area contributed by atoms with Crippen LogP contribution in [0.4, 0.5) is 5.69 Å². The minimum Gasteiger partial charge on any atom is -0.477 e. The van der Waals surface area contributed by atoms with E-state index in [1.807, 2.05) is 13.0 Å². The number of hydrogen-bond donors (Lipinski definition) is 1. The van der Waals surface area contributed by atoms with Crippen LogP contribution in [-0.4, -0.2) is 28.7 Å². The van der Waals surface area contributed by atoms with E-state index in [4.69, 9.17) is 11.6 Å². The van der Waals surface area contributed by atoms with Crippen LogP contribution >= 0.6 is 11.6 Å². The van der Waals surface area contributed by atoms with Crippen molar-refractivity contribution in [1.29, 1.82) is 0 Å². The van der Waals surface area contributed by atoms with Crippen LogP contribution in [0.5, 0.6) is 0 Å². The van der Waals surface area contributed by atoms with Gasteiger partial charge in [-0.1, -0.05) is 18.5 Å². The van der Waals surface area contributed by atoms with Gasteiger partial charge in [0.05, 0.1) is 16.2 Å². The van der Waals surface area contributed by atoms with Gasteiger partial charge < -0.3 is 14.6 Å². The van der Waals surface area contributed by atoms with E-state index in [1.54, 1.807) is 10.6 Å². The average Bonchev–Trinajstić information content (AvgIpc) is 2.56. The van der Waals surface area contributed by atoms with Gasteiger partial charge in [-0.25, -0.2) is 4.79 Å². The number of rotatable bonds is 3. The van der Waals surface area contributed by atoms with E-state index < -0.39 is 11.4 Å². The van der Waals surface area contributed by atoms with Gasteiger partial charge >= 0.3 is 5.97 Å². The van der Waals surface area contributed by atoms with Crippen LogP contribution in [0.3, 0.4) is 0 Å². The number of piperidine rings is 1. The van der Waals surface area contributed by atoms with Crippen molar-refractivity contribution in [3.05, 3.63) is 39.1 Å². The first-order chi connectivity index (χ1) is 11.4. The number of benzene rings is 1. The summed E-state index contributed by atoms with van der Waals surface area (Å²) in [6.45, 7) is 6.63. The van der Waals surface area contributed by atoms with Gasteiger partial charge in [-0.3, -0.25) is 4.79 Å². The van der Waals surface area contributed by atoms with Crippen LogP contribution in [0.25, 0.3) is 10.9 Å². The molecule has 128 valence electrons. The Hall–Kier alpha value is -2.01. The molecule has 0 atom stereocenters. The molecule has 1 N–H and O–H groups in total. The van der Waals surface area contributed by atoms with Gasteiger partial charge in [0.25, 0.3) is 0 Å². The predicted molar refractivity (Wildman–Crippen MR) is 96.5 cm³/mol. The first-order valence-corrected chi connectivity index (χ1v) is 8.65. The van der Waals surface area contributed by atoms with Crippen LogP contribution in [0, 0.1) is 5.92 Å². The molecule has 1 aromatic carbocycles. The van der Waals surface area contributed by atoms with Crippen LogP contribution in [0.15, 0.2) is 23.1 Å². The Morgan fingerprint density at radius 3 is 2.58 bits per heavy atom. The Labute approximate surface area is 145 Å². The molecule has 0 spiro atoms. The summed E-state index contributed by atoms with van der Waals surface area (Å²) in [5.41, 5.74) is 0.939. The summed E-state index contributed by atoms with van der Waals surface area (Å²) in [6, 6.07) is 3.54. The minimum absolute atomic E-state index is 0.222. The quantitative estimate of drug-likeness (QED) is 0.920. The van der Waals surface area contributed by atoms with Gasteiger partial charge in [-0.15, -0.1) is 0 Å². The van der Waals surface area contributed by atoms with Crippen LogP contribution in [0.1, 0.15) is 37.0 Å². The first-order valence-electron chi connectivity index (χ1n) is 8.27. The standard InChI is InChI=1S/C18H21ClN2O3/c1-3-20-10-13(18(23)24)17(22)12-8-14(19)16(9-15(12)20)21-6-4-11(2)5-7-21/h8-11H,3-7H2,1-2H3,(H,23,24). The van der Waals surface area contributed by atoms with Crippen molar-refractivity contribution < 1.29 is 9.90 Å². The molecular formula is C18H21ClN2O3. The molecule has 6 heteroatoms. The highest BCUT2D eigenvalue weighted by Crippen LogP contribution is 2.33. The number of aryl methyl sites for hydroxylation is 1. The molecule has 1 saturated heterocycles. The van der Waals surface area contributed by atoms with E-state index in [-0.39, 0.29) is 5.56 Å². The highest BCUT2D eigenvalue weighted by Gasteiger charge is 2.21. The molecule has 1 aliphatic heterocycles. The number of carboxylic acid groups (broad SMARTS) is 1. The Bertz CT molecular complexity index is 851. The maximum atomic E-state index is 12.5. The van der Waals surface area contributed by atoms with E-state index in [0.717, 1.165) is 37.1 Å². The third-order valence-electron chi connectivity index (χ3n) is 4.84. The van der Waals surface area contributed by atoms with E-state index in [2.05, 4.69) is 11.8 Å². The fourth-order valence-corrected chi connectivity index (χ4v) is 3.59. The molecule has 1 aliphatic rings. The lowest BCUT2D eigenvalue weighted by molar-refractivity contribution is 0.0695. The number of hydrogen-bond acceptors (Lipinski definition) is 3. The number of fused-ring (bicyclic) bond motifs is 1. The summed E-state index contributed by atoms with van der Waals surface area (Å²) >= 11 is 6.44. The molecule has 1 fully saturated rings. The monoisotopic (exact) mass is 348 g/mol. The predicted octanol–water partition coefficient (Wildman–Crippen LogP) is 3.61. The Kier molecular flexibility index (Phi) is 4.54. The van der Waals surface area contributed by atoms with Crippen molar-refractivity contribution in [3.63, 3.8) is 0 Å². The number of nitrogens with zero attached hydrogens (tertiary/aromatic N) is 2. The SMILES string of the molecule is CCn1cc(C(=O)O)c(=O)c2cc(Cl)c(N3CCC(C)CC3)cc21. The van der Waals surface area contributed by atoms with Crippen LogP contribution in [-0.2, 0) is 6.54 Å². The summed E-state index contributed by atoms with van der Waals surface area (Å²) in [5, 5.41) is 10.1. The zero-order valence-electron chi connectivity index (χ0n) is 13.9. The number of aromatic nitrogens is 1. The molecule has 1 aromatic heterocycles. The first kappa shape index (κ1) is 16.8. The van der Waals surface area contributed by atoms with Gasteiger partial charge in [0.2, 0.25) is 5.43 Å². The molecule has 0 bridgehead atoms. The summed E-state index contributed by atoms with van der Waals surface area (Å²) < 4.78 is 1.80. The van der Waals surface area contributed by atoms with Gasteiger partial charge in [-0.2, -0.15) is 0 Å². The van der Waals surface area contributed by atoms with Crippen molar-refractivity contribution in [1.82, 2.24) is 4.57 Å². The number of anilines is 1. The molecule has 2 heterocycles. The largest absolute Gasteiger partial charge is 0.477 e. The third-order valence-corrected chi connectivity index (χ3v) is 5.15. The summed E-state index contributed by atoms with van der Waals surface area (Å²) in [5.74, 6) is -0.498. The van der Waals surface area contributed by atoms with Crippen LogP contribution in [0.2, 0.25) is 5.02 Å². The molecule has 5 nitrogen and oxygen atoms in total. The maximum Gasteiger partial charge on any atom is 0.341 e. The Morgan fingerprint density at radius 2 is 2.00 bits per heavy atom. The number of aromatic carboxylic acids is 1. The number of halogens is 1. The highest BCUT2D eigenvalue weighted by molar-refractivity contribution is 6.34. The van der Waals surface area contributed by atoms with Crippen molar-refractivity contribution in [2.24, 2.45) is 5.92 Å². The van der Waals surface area contributed by atoms with Crippen molar-refractivity contribution in [2.75, 3.05) is 18.0 Å². The zero-order valence-corrected chi connectivity index (χ0v) is 14.6. The minimum atomic E-state index is -1.21. The normalized spacial score (nSPS) is 15.9. The second-order valence-electron chi connectivity index (χ2n) is 6.45. The lowest BCUT2D eigenvalue weighted by atomic mass is 9.98. The fraction of sp³-hybridized carbons (Fsp3) is 0.444. The molecule has 24 heavy (non-hydrogen) atoms. The van der Waals surface area contributed by atoms with E-state index in [1.165, 1.54) is 6.20 Å². The number of carbonyl (C=O) groups is 1. The van der Waals surface area contributed by atoms with Crippen LogP contribution < -0.4 is 10.3 Å². The second kappa shape index (κ2) is 6.48. The highest BCUT2D eigenvalue weighted by atomic mass is 35.5. The number of pyridine rings is 1. The molecule has 0 amide bonds. The smallest absolute Gasteiger partial charge is 0.341 e. The lowest BCUT2D eigenvalue weighted by Crippen LogP contribution is -2.33. The summed E-state index contributed by atoms with van der Waals surface area (Å²) in [7, 11) is 0. The van der Waals surface area contributed by atoms with E-state index >= 15 is 0 Å². The van der Waals surface area contributed by atoms with Gasteiger partial charge in [0.1, 0.15) is 5.56 Å². The molecule has 2 aromatic rings. The summed E-state index contributed by atoms with van der Waals surface area (Å²) in [6.07, 6.45) is 3.66. The zero-order chi connectivity index (χ0) is 17.4. The molecular weight excluding hydrogens is 328 g/mol.